The number of aliphatic hydroxyl groups excluding tert-OH is 1. The lowest BCUT2D eigenvalue weighted by Crippen LogP contribution is -2.31. The molecule has 0 aromatic heterocycles. The summed E-state index contributed by atoms with van der Waals surface area (Å²) in [7, 11) is 1.55. The lowest BCUT2D eigenvalue weighted by molar-refractivity contribution is -0.140. The third-order valence-corrected chi connectivity index (χ3v) is 6.54. The lowest BCUT2D eigenvalue weighted by Gasteiger charge is -2.26. The van der Waals surface area contributed by atoms with Gasteiger partial charge >= 0.3 is 0 Å². The normalized spacial score (nSPS) is 16.8. The van der Waals surface area contributed by atoms with Crippen molar-refractivity contribution in [1.82, 2.24) is 4.90 Å². The molecule has 2 aromatic carbocycles. The van der Waals surface area contributed by atoms with E-state index in [0.717, 1.165) is 11.3 Å². The SMILES string of the molecule is CCOc1cc(C2/C(=C(\O)c3ccc(OCC)c(C(C)C)c3)C(=O)C(=O)N2CCCOC(C)C)ccc1OC. The summed E-state index contributed by atoms with van der Waals surface area (Å²) in [5, 5.41) is 11.6. The Hall–Kier alpha value is -3.52. The molecule has 8 heteroatoms. The van der Waals surface area contributed by atoms with Gasteiger partial charge in [-0.1, -0.05) is 19.9 Å². The smallest absolute Gasteiger partial charge is 0.295 e. The highest BCUT2D eigenvalue weighted by molar-refractivity contribution is 6.46. The van der Waals surface area contributed by atoms with Crippen LogP contribution in [-0.2, 0) is 14.3 Å². The quantitative estimate of drug-likeness (QED) is 0.148. The average molecular weight is 540 g/mol. The molecule has 0 aliphatic carbocycles. The Kier molecular flexibility index (Phi) is 10.4. The Morgan fingerprint density at radius 3 is 2.23 bits per heavy atom. The van der Waals surface area contributed by atoms with Gasteiger partial charge in [0.2, 0.25) is 0 Å². The van der Waals surface area contributed by atoms with Gasteiger partial charge < -0.3 is 29.0 Å². The molecule has 1 aliphatic heterocycles. The van der Waals surface area contributed by atoms with Crippen molar-refractivity contribution in [3.05, 3.63) is 58.7 Å². The Morgan fingerprint density at radius 2 is 1.62 bits per heavy atom. The first-order chi connectivity index (χ1) is 18.6. The van der Waals surface area contributed by atoms with Crippen LogP contribution in [-0.4, -0.2) is 61.3 Å². The van der Waals surface area contributed by atoms with Gasteiger partial charge in [0.15, 0.2) is 11.5 Å². The summed E-state index contributed by atoms with van der Waals surface area (Å²) in [6.07, 6.45) is 0.595. The van der Waals surface area contributed by atoms with Gasteiger partial charge in [-0.25, -0.2) is 0 Å². The van der Waals surface area contributed by atoms with E-state index in [4.69, 9.17) is 18.9 Å². The second kappa shape index (κ2) is 13.5. The summed E-state index contributed by atoms with van der Waals surface area (Å²) in [5.74, 6) is 0.269. The molecule has 1 atom stereocenters. The molecule has 2 aromatic rings. The van der Waals surface area contributed by atoms with Crippen molar-refractivity contribution in [3.8, 4) is 17.2 Å². The number of likely N-dealkylation sites (tertiary alicyclic amines) is 1. The zero-order valence-electron chi connectivity index (χ0n) is 24.1. The Balaban J connectivity index is 2.15. The minimum absolute atomic E-state index is 0.0382. The van der Waals surface area contributed by atoms with Gasteiger partial charge in [0.1, 0.15) is 11.5 Å². The maximum absolute atomic E-state index is 13.5. The second-order valence-corrected chi connectivity index (χ2v) is 9.95. The molecule has 0 saturated carbocycles. The van der Waals surface area contributed by atoms with Crippen LogP contribution in [0.1, 0.15) is 76.6 Å². The lowest BCUT2D eigenvalue weighted by atomic mass is 9.93. The van der Waals surface area contributed by atoms with Gasteiger partial charge in [-0.05, 0) is 81.5 Å². The maximum atomic E-state index is 13.5. The van der Waals surface area contributed by atoms with Crippen molar-refractivity contribution in [3.63, 3.8) is 0 Å². The molecule has 0 radical (unpaired) electrons. The number of carbonyl (C=O) groups is 2. The first-order valence-corrected chi connectivity index (χ1v) is 13.6. The highest BCUT2D eigenvalue weighted by Gasteiger charge is 2.46. The van der Waals surface area contributed by atoms with Crippen molar-refractivity contribution in [1.29, 1.82) is 0 Å². The third-order valence-electron chi connectivity index (χ3n) is 6.54. The van der Waals surface area contributed by atoms with Crippen LogP contribution in [0.25, 0.3) is 5.76 Å². The Bertz CT molecular complexity index is 1200. The van der Waals surface area contributed by atoms with E-state index >= 15 is 0 Å². The fourth-order valence-electron chi connectivity index (χ4n) is 4.73. The van der Waals surface area contributed by atoms with Gasteiger partial charge in [0.25, 0.3) is 11.7 Å². The minimum atomic E-state index is -0.803. The van der Waals surface area contributed by atoms with Crippen molar-refractivity contribution < 1.29 is 33.6 Å². The molecular weight excluding hydrogens is 498 g/mol. The summed E-state index contributed by atoms with van der Waals surface area (Å²) in [6, 6.07) is 9.84. The van der Waals surface area contributed by atoms with E-state index in [2.05, 4.69) is 0 Å². The van der Waals surface area contributed by atoms with Crippen LogP contribution in [0.4, 0.5) is 0 Å². The highest BCUT2D eigenvalue weighted by atomic mass is 16.5. The molecule has 0 bridgehead atoms. The molecule has 1 fully saturated rings. The Labute approximate surface area is 231 Å². The van der Waals surface area contributed by atoms with Gasteiger partial charge in [0, 0.05) is 18.7 Å². The minimum Gasteiger partial charge on any atom is -0.507 e. The number of rotatable bonds is 13. The molecule has 1 amide bonds. The molecule has 0 spiro atoms. The van der Waals surface area contributed by atoms with Gasteiger partial charge in [-0.15, -0.1) is 0 Å². The summed E-state index contributed by atoms with van der Waals surface area (Å²) in [4.78, 5) is 28.3. The number of aliphatic hydroxyl groups is 1. The number of benzene rings is 2. The molecular formula is C31H41NO7. The number of ether oxygens (including phenoxy) is 4. The summed E-state index contributed by atoms with van der Waals surface area (Å²) in [5.41, 5.74) is 2.03. The Morgan fingerprint density at radius 1 is 0.949 bits per heavy atom. The molecule has 39 heavy (non-hydrogen) atoms. The van der Waals surface area contributed by atoms with Crippen LogP contribution in [0, 0.1) is 0 Å². The van der Waals surface area contributed by atoms with Crippen LogP contribution >= 0.6 is 0 Å². The molecule has 3 rings (SSSR count). The summed E-state index contributed by atoms with van der Waals surface area (Å²) < 4.78 is 22.6. The van der Waals surface area contributed by atoms with Gasteiger partial charge in [-0.2, -0.15) is 0 Å². The van der Waals surface area contributed by atoms with Gasteiger partial charge in [-0.3, -0.25) is 9.59 Å². The summed E-state index contributed by atoms with van der Waals surface area (Å²) in [6.45, 7) is 13.4. The first kappa shape index (κ1) is 30.0. The van der Waals surface area contributed by atoms with Crippen molar-refractivity contribution in [2.45, 2.75) is 66.0 Å². The number of ketones is 1. The maximum Gasteiger partial charge on any atom is 0.295 e. The largest absolute Gasteiger partial charge is 0.507 e. The highest BCUT2D eigenvalue weighted by Crippen LogP contribution is 2.42. The molecule has 1 unspecified atom stereocenters. The predicted octanol–water partition coefficient (Wildman–Crippen LogP) is 5.85. The predicted molar refractivity (Wildman–Crippen MR) is 151 cm³/mol. The molecule has 8 nitrogen and oxygen atoms in total. The van der Waals surface area contributed by atoms with E-state index in [1.807, 2.05) is 47.6 Å². The van der Waals surface area contributed by atoms with Crippen molar-refractivity contribution in [2.75, 3.05) is 33.5 Å². The van der Waals surface area contributed by atoms with Crippen LogP contribution in [0.15, 0.2) is 42.0 Å². The zero-order valence-corrected chi connectivity index (χ0v) is 24.1. The average Bonchev–Trinajstić information content (AvgIpc) is 3.16. The number of amides is 1. The van der Waals surface area contributed by atoms with E-state index < -0.39 is 17.7 Å². The van der Waals surface area contributed by atoms with E-state index in [1.165, 1.54) is 4.90 Å². The van der Waals surface area contributed by atoms with E-state index in [0.29, 0.717) is 48.9 Å². The fraction of sp³-hybridized carbons (Fsp3) is 0.484. The van der Waals surface area contributed by atoms with E-state index in [9.17, 15) is 14.7 Å². The number of methoxy groups -OCH3 is 1. The monoisotopic (exact) mass is 539 g/mol. The van der Waals surface area contributed by atoms with Crippen molar-refractivity contribution >= 4 is 17.4 Å². The standard InChI is InChI=1S/C31H41NO7/c1-8-37-24-13-12-22(17-23(24)19(3)4)29(33)27-28(21-11-14-25(36-7)26(18-21)38-9-2)32(31(35)30(27)34)15-10-16-39-20(5)6/h11-14,17-20,28,33H,8-10,15-16H2,1-7H3/b29-27+. The number of hydrogen-bond donors (Lipinski definition) is 1. The van der Waals surface area contributed by atoms with Crippen molar-refractivity contribution in [2.24, 2.45) is 0 Å². The second-order valence-electron chi connectivity index (χ2n) is 9.95. The number of carbonyl (C=O) groups excluding carboxylic acids is 2. The third kappa shape index (κ3) is 6.74. The number of Topliss-reactive ketones (excluding diaryl/α,β-unsaturated/α-hetero) is 1. The first-order valence-electron chi connectivity index (χ1n) is 13.6. The molecule has 1 N–H and O–H groups in total. The van der Waals surface area contributed by atoms with E-state index in [-0.39, 0.29) is 29.9 Å². The topological polar surface area (TPSA) is 94.5 Å². The molecule has 1 aliphatic rings. The zero-order chi connectivity index (χ0) is 28.7. The molecule has 1 heterocycles. The van der Waals surface area contributed by atoms with Gasteiger partial charge in [0.05, 0.1) is 38.0 Å². The van der Waals surface area contributed by atoms with Crippen LogP contribution in [0.5, 0.6) is 17.2 Å². The van der Waals surface area contributed by atoms with Crippen LogP contribution < -0.4 is 14.2 Å². The number of nitrogens with zero attached hydrogens (tertiary/aromatic N) is 1. The van der Waals surface area contributed by atoms with Crippen LogP contribution in [0.3, 0.4) is 0 Å². The van der Waals surface area contributed by atoms with E-state index in [1.54, 1.807) is 37.4 Å². The summed E-state index contributed by atoms with van der Waals surface area (Å²) >= 11 is 0. The number of hydrogen-bond acceptors (Lipinski definition) is 7. The molecule has 212 valence electrons. The fourth-order valence-corrected chi connectivity index (χ4v) is 4.73. The van der Waals surface area contributed by atoms with Crippen LogP contribution in [0.2, 0.25) is 0 Å². The molecule has 1 saturated heterocycles.